The Hall–Kier alpha value is -4.60. The van der Waals surface area contributed by atoms with Gasteiger partial charge in [-0.1, -0.05) is 48.5 Å². The zero-order valence-corrected chi connectivity index (χ0v) is 17.7. The molecule has 3 aromatic carbocycles. The fraction of sp³-hybridized carbons (Fsp3) is 0.0833. The van der Waals surface area contributed by atoms with Gasteiger partial charge in [0.15, 0.2) is 0 Å². The number of anilines is 2. The van der Waals surface area contributed by atoms with Crippen molar-refractivity contribution in [2.24, 2.45) is 0 Å². The topological polar surface area (TPSA) is 116 Å². The predicted molar refractivity (Wildman–Crippen MR) is 120 cm³/mol. The maximum atomic E-state index is 13.6. The van der Waals surface area contributed by atoms with E-state index >= 15 is 0 Å². The SMILES string of the molecule is O=C(NCc1cccc(CNC(=O)C(=O)Nc2ccccc2F)c1)C(=O)Nc1ccccc1F. The van der Waals surface area contributed by atoms with Crippen molar-refractivity contribution in [3.8, 4) is 0 Å². The average Bonchev–Trinajstić information content (AvgIpc) is 2.84. The Morgan fingerprint density at radius 3 is 1.38 bits per heavy atom. The van der Waals surface area contributed by atoms with Gasteiger partial charge in [0, 0.05) is 13.1 Å². The van der Waals surface area contributed by atoms with Crippen LogP contribution in [0.15, 0.2) is 72.8 Å². The molecule has 3 aromatic rings. The Morgan fingerprint density at radius 2 is 0.971 bits per heavy atom. The van der Waals surface area contributed by atoms with E-state index in [1.807, 2.05) is 0 Å². The third-order valence-electron chi connectivity index (χ3n) is 4.55. The molecule has 8 nitrogen and oxygen atoms in total. The quantitative estimate of drug-likeness (QED) is 0.418. The molecule has 0 atom stereocenters. The summed E-state index contributed by atoms with van der Waals surface area (Å²) in [6.45, 7) is -0.00182. The molecule has 0 radical (unpaired) electrons. The summed E-state index contributed by atoms with van der Waals surface area (Å²) in [5.41, 5.74) is 1.02. The number of benzene rings is 3. The van der Waals surface area contributed by atoms with Gasteiger partial charge < -0.3 is 21.3 Å². The summed E-state index contributed by atoms with van der Waals surface area (Å²) in [7, 11) is 0. The number of para-hydroxylation sites is 2. The van der Waals surface area contributed by atoms with Crippen molar-refractivity contribution in [1.82, 2.24) is 10.6 Å². The van der Waals surface area contributed by atoms with Crippen LogP contribution >= 0.6 is 0 Å². The summed E-state index contributed by atoms with van der Waals surface area (Å²) in [5, 5.41) is 9.22. The van der Waals surface area contributed by atoms with Crippen LogP contribution in [0.25, 0.3) is 0 Å². The maximum Gasteiger partial charge on any atom is 0.313 e. The summed E-state index contributed by atoms with van der Waals surface area (Å²) in [4.78, 5) is 47.9. The lowest BCUT2D eigenvalue weighted by molar-refractivity contribution is -0.136. The van der Waals surface area contributed by atoms with E-state index in [0.717, 1.165) is 12.1 Å². The Labute approximate surface area is 193 Å². The summed E-state index contributed by atoms with van der Waals surface area (Å²) in [6, 6.07) is 17.6. The van der Waals surface area contributed by atoms with Crippen molar-refractivity contribution in [3.05, 3.63) is 95.6 Å². The molecule has 0 heterocycles. The third-order valence-corrected chi connectivity index (χ3v) is 4.55. The van der Waals surface area contributed by atoms with Crippen molar-refractivity contribution < 1.29 is 28.0 Å². The van der Waals surface area contributed by atoms with Gasteiger partial charge in [-0.2, -0.15) is 0 Å². The monoisotopic (exact) mass is 466 g/mol. The molecule has 0 aliphatic heterocycles. The molecule has 0 aromatic heterocycles. The van der Waals surface area contributed by atoms with Gasteiger partial charge in [-0.25, -0.2) is 8.78 Å². The minimum absolute atomic E-state index is 0.000911. The van der Waals surface area contributed by atoms with E-state index in [9.17, 15) is 28.0 Å². The fourth-order valence-corrected chi connectivity index (χ4v) is 2.86. The van der Waals surface area contributed by atoms with E-state index in [1.165, 1.54) is 36.4 Å². The van der Waals surface area contributed by atoms with E-state index in [0.29, 0.717) is 11.1 Å². The fourth-order valence-electron chi connectivity index (χ4n) is 2.86. The Morgan fingerprint density at radius 1 is 0.559 bits per heavy atom. The molecule has 0 saturated heterocycles. The number of rotatable bonds is 6. The van der Waals surface area contributed by atoms with Crippen LogP contribution in [0.1, 0.15) is 11.1 Å². The number of amides is 4. The normalized spacial score (nSPS) is 10.2. The van der Waals surface area contributed by atoms with Crippen LogP contribution in [0.5, 0.6) is 0 Å². The molecular weight excluding hydrogens is 446 g/mol. The van der Waals surface area contributed by atoms with Crippen molar-refractivity contribution in [2.75, 3.05) is 10.6 Å². The summed E-state index contributed by atoms with van der Waals surface area (Å²) < 4.78 is 27.2. The first kappa shape index (κ1) is 24.1. The van der Waals surface area contributed by atoms with E-state index in [4.69, 9.17) is 0 Å². The van der Waals surface area contributed by atoms with E-state index < -0.39 is 35.3 Å². The summed E-state index contributed by atoms with van der Waals surface area (Å²) in [5.74, 6) is -5.27. The highest BCUT2D eigenvalue weighted by Gasteiger charge is 2.16. The van der Waals surface area contributed by atoms with Gasteiger partial charge in [-0.15, -0.1) is 0 Å². The molecule has 0 fully saturated rings. The van der Waals surface area contributed by atoms with E-state index in [-0.39, 0.29) is 24.5 Å². The number of carbonyl (C=O) groups excluding carboxylic acids is 4. The second-order valence-electron chi connectivity index (χ2n) is 7.05. The van der Waals surface area contributed by atoms with Gasteiger partial charge in [0.1, 0.15) is 11.6 Å². The molecule has 4 amide bonds. The highest BCUT2D eigenvalue weighted by atomic mass is 19.1. The first-order valence-electron chi connectivity index (χ1n) is 10.1. The largest absolute Gasteiger partial charge is 0.344 e. The lowest BCUT2D eigenvalue weighted by atomic mass is 10.1. The molecule has 4 N–H and O–H groups in total. The van der Waals surface area contributed by atoms with Crippen LogP contribution in [-0.2, 0) is 32.3 Å². The first-order chi connectivity index (χ1) is 16.3. The molecular formula is C24H20F2N4O4. The lowest BCUT2D eigenvalue weighted by Gasteiger charge is -2.10. The van der Waals surface area contributed by atoms with E-state index in [2.05, 4.69) is 21.3 Å². The highest BCUT2D eigenvalue weighted by molar-refractivity contribution is 6.40. The number of carbonyl (C=O) groups is 4. The van der Waals surface area contributed by atoms with Crippen molar-refractivity contribution in [3.63, 3.8) is 0 Å². The number of hydrogen-bond donors (Lipinski definition) is 4. The molecule has 174 valence electrons. The minimum atomic E-state index is -1.02. The Kier molecular flexibility index (Phi) is 8.01. The minimum Gasteiger partial charge on any atom is -0.344 e. The van der Waals surface area contributed by atoms with Crippen LogP contribution in [0.4, 0.5) is 20.2 Å². The zero-order chi connectivity index (χ0) is 24.5. The molecule has 0 bridgehead atoms. The molecule has 0 unspecified atom stereocenters. The van der Waals surface area contributed by atoms with Crippen molar-refractivity contribution in [2.45, 2.75) is 13.1 Å². The third kappa shape index (κ3) is 6.70. The second-order valence-corrected chi connectivity index (χ2v) is 7.05. The Balaban J connectivity index is 1.48. The summed E-state index contributed by atoms with van der Waals surface area (Å²) in [6.07, 6.45) is 0. The molecule has 0 saturated carbocycles. The average molecular weight is 466 g/mol. The van der Waals surface area contributed by atoms with Crippen molar-refractivity contribution >= 4 is 35.0 Å². The highest BCUT2D eigenvalue weighted by Crippen LogP contribution is 2.13. The smallest absolute Gasteiger partial charge is 0.313 e. The molecule has 0 aliphatic carbocycles. The molecule has 0 spiro atoms. The van der Waals surface area contributed by atoms with Gasteiger partial charge in [0.05, 0.1) is 11.4 Å². The van der Waals surface area contributed by atoms with E-state index in [1.54, 1.807) is 24.3 Å². The van der Waals surface area contributed by atoms with Crippen molar-refractivity contribution in [1.29, 1.82) is 0 Å². The van der Waals surface area contributed by atoms with Gasteiger partial charge in [0.25, 0.3) is 0 Å². The first-order valence-corrected chi connectivity index (χ1v) is 10.1. The van der Waals surface area contributed by atoms with Crippen LogP contribution in [0.3, 0.4) is 0 Å². The lowest BCUT2D eigenvalue weighted by Crippen LogP contribution is -2.35. The number of halogens is 2. The molecule has 10 heteroatoms. The maximum absolute atomic E-state index is 13.6. The van der Waals surface area contributed by atoms with Crippen LogP contribution in [0.2, 0.25) is 0 Å². The molecule has 0 aliphatic rings. The Bertz CT molecular complexity index is 1140. The van der Waals surface area contributed by atoms with Gasteiger partial charge in [-0.05, 0) is 35.4 Å². The van der Waals surface area contributed by atoms with Gasteiger partial charge >= 0.3 is 23.6 Å². The molecule has 34 heavy (non-hydrogen) atoms. The van der Waals surface area contributed by atoms with Gasteiger partial charge in [0.2, 0.25) is 0 Å². The van der Waals surface area contributed by atoms with Crippen LogP contribution < -0.4 is 21.3 Å². The second kappa shape index (κ2) is 11.3. The standard InChI is InChI=1S/C24H20F2N4O4/c25-17-8-1-3-10-19(17)29-23(33)21(31)27-13-15-6-5-7-16(12-15)14-28-22(32)24(34)30-20-11-4-2-9-18(20)26/h1-12H,13-14H2,(H,27,31)(H,28,32)(H,29,33)(H,30,34). The van der Waals surface area contributed by atoms with Crippen LogP contribution in [-0.4, -0.2) is 23.6 Å². The predicted octanol–water partition coefficient (Wildman–Crippen LogP) is 2.47. The number of hydrogen-bond acceptors (Lipinski definition) is 4. The number of nitrogens with one attached hydrogen (secondary N) is 4. The zero-order valence-electron chi connectivity index (χ0n) is 17.7. The van der Waals surface area contributed by atoms with Gasteiger partial charge in [-0.3, -0.25) is 19.2 Å². The van der Waals surface area contributed by atoms with Crippen LogP contribution in [0, 0.1) is 11.6 Å². The summed E-state index contributed by atoms with van der Waals surface area (Å²) >= 11 is 0. The molecule has 3 rings (SSSR count).